The monoisotopic (exact) mass is 408 g/mol. The molecular formula is C20H28N2O7. The van der Waals surface area contributed by atoms with Crippen LogP contribution in [0.25, 0.3) is 0 Å². The van der Waals surface area contributed by atoms with Gasteiger partial charge in [0, 0.05) is 12.1 Å². The van der Waals surface area contributed by atoms with E-state index in [1.165, 1.54) is 13.2 Å². The summed E-state index contributed by atoms with van der Waals surface area (Å²) < 4.78 is 15.5. The van der Waals surface area contributed by atoms with Crippen LogP contribution in [0.2, 0.25) is 0 Å². The number of rotatable bonds is 8. The highest BCUT2D eigenvalue weighted by Gasteiger charge is 2.29. The molecule has 1 aliphatic carbocycles. The number of benzene rings is 1. The van der Waals surface area contributed by atoms with Crippen LogP contribution in [0.1, 0.15) is 50.4 Å². The van der Waals surface area contributed by atoms with Crippen LogP contribution in [0, 0.1) is 22.0 Å². The number of carbonyl (C=O) groups excluding carboxylic acids is 2. The first kappa shape index (κ1) is 22.4. The minimum atomic E-state index is -0.974. The maximum atomic E-state index is 12.4. The van der Waals surface area contributed by atoms with Crippen molar-refractivity contribution >= 4 is 17.6 Å². The zero-order valence-corrected chi connectivity index (χ0v) is 17.2. The molecule has 0 radical (unpaired) electrons. The number of nitro benzene ring substituents is 1. The van der Waals surface area contributed by atoms with Gasteiger partial charge in [-0.1, -0.05) is 26.7 Å². The molecule has 1 aliphatic rings. The first-order valence-electron chi connectivity index (χ1n) is 9.74. The van der Waals surface area contributed by atoms with Gasteiger partial charge >= 0.3 is 5.97 Å². The Morgan fingerprint density at radius 3 is 2.59 bits per heavy atom. The van der Waals surface area contributed by atoms with E-state index >= 15 is 0 Å². The summed E-state index contributed by atoms with van der Waals surface area (Å²) in [6.45, 7) is 5.73. The zero-order chi connectivity index (χ0) is 21.6. The van der Waals surface area contributed by atoms with Gasteiger partial charge in [-0.25, -0.2) is 4.79 Å². The van der Waals surface area contributed by atoms with Gasteiger partial charge in [0.2, 0.25) is 0 Å². The Balaban J connectivity index is 2.07. The Morgan fingerprint density at radius 1 is 1.24 bits per heavy atom. The second-order valence-electron chi connectivity index (χ2n) is 7.23. The van der Waals surface area contributed by atoms with E-state index in [2.05, 4.69) is 19.2 Å². The molecule has 0 bridgehead atoms. The molecule has 29 heavy (non-hydrogen) atoms. The maximum Gasteiger partial charge on any atom is 0.345 e. The lowest BCUT2D eigenvalue weighted by atomic mass is 9.78. The molecule has 0 saturated heterocycles. The fourth-order valence-electron chi connectivity index (χ4n) is 3.53. The summed E-state index contributed by atoms with van der Waals surface area (Å²) in [7, 11) is 1.36. The summed E-state index contributed by atoms with van der Waals surface area (Å²) in [5.41, 5.74) is -0.780. The van der Waals surface area contributed by atoms with Crippen molar-refractivity contribution in [2.75, 3.05) is 20.3 Å². The van der Waals surface area contributed by atoms with Crippen LogP contribution in [0.3, 0.4) is 0 Å². The SMILES string of the molecule is CCOc1cc([N+](=O)[O-])c(C(=O)OCC(=O)N[C@H]2CCC[C@H](C)[C@@H]2C)cc1OC. The molecule has 0 spiro atoms. The van der Waals surface area contributed by atoms with Gasteiger partial charge in [0.1, 0.15) is 5.56 Å². The number of carbonyl (C=O) groups is 2. The fourth-order valence-corrected chi connectivity index (χ4v) is 3.53. The predicted molar refractivity (Wildman–Crippen MR) is 105 cm³/mol. The third-order valence-corrected chi connectivity index (χ3v) is 5.39. The average Bonchev–Trinajstić information content (AvgIpc) is 2.69. The van der Waals surface area contributed by atoms with E-state index in [4.69, 9.17) is 14.2 Å². The molecule has 160 valence electrons. The van der Waals surface area contributed by atoms with Crippen LogP contribution in [0.15, 0.2) is 12.1 Å². The minimum absolute atomic E-state index is 0.0323. The van der Waals surface area contributed by atoms with Gasteiger partial charge in [0.15, 0.2) is 18.1 Å². The molecule has 1 N–H and O–H groups in total. The van der Waals surface area contributed by atoms with Crippen molar-refractivity contribution in [2.24, 2.45) is 11.8 Å². The summed E-state index contributed by atoms with van der Waals surface area (Å²) in [6.07, 6.45) is 3.05. The number of ether oxygens (including phenoxy) is 3. The van der Waals surface area contributed by atoms with Crippen LogP contribution in [0.5, 0.6) is 11.5 Å². The van der Waals surface area contributed by atoms with Gasteiger partial charge in [-0.2, -0.15) is 0 Å². The number of methoxy groups -OCH3 is 1. The summed E-state index contributed by atoms with van der Waals surface area (Å²) in [6, 6.07) is 2.34. The molecule has 1 aromatic carbocycles. The molecule has 9 nitrogen and oxygen atoms in total. The summed E-state index contributed by atoms with van der Waals surface area (Å²) >= 11 is 0. The van der Waals surface area contributed by atoms with Crippen LogP contribution in [0.4, 0.5) is 5.69 Å². The van der Waals surface area contributed by atoms with Crippen LogP contribution < -0.4 is 14.8 Å². The first-order chi connectivity index (χ1) is 13.8. The van der Waals surface area contributed by atoms with E-state index in [0.717, 1.165) is 25.3 Å². The highest BCUT2D eigenvalue weighted by molar-refractivity contribution is 5.96. The number of nitrogens with one attached hydrogen (secondary N) is 1. The largest absolute Gasteiger partial charge is 0.493 e. The molecule has 2 rings (SSSR count). The van der Waals surface area contributed by atoms with Gasteiger partial charge in [-0.3, -0.25) is 14.9 Å². The predicted octanol–water partition coefficient (Wildman–Crippen LogP) is 3.10. The van der Waals surface area contributed by atoms with Crippen LogP contribution in [-0.4, -0.2) is 43.2 Å². The van der Waals surface area contributed by atoms with Crippen molar-refractivity contribution in [1.29, 1.82) is 0 Å². The third kappa shape index (κ3) is 5.58. The third-order valence-electron chi connectivity index (χ3n) is 5.39. The number of amides is 1. The first-order valence-corrected chi connectivity index (χ1v) is 9.74. The van der Waals surface area contributed by atoms with E-state index < -0.39 is 29.1 Å². The van der Waals surface area contributed by atoms with Gasteiger partial charge in [0.05, 0.1) is 24.7 Å². The Kier molecular flexibility index (Phi) is 7.81. The number of esters is 1. The summed E-state index contributed by atoms with van der Waals surface area (Å²) in [4.78, 5) is 35.3. The van der Waals surface area contributed by atoms with Crippen molar-refractivity contribution in [3.8, 4) is 11.5 Å². The Hall–Kier alpha value is -2.84. The smallest absolute Gasteiger partial charge is 0.345 e. The van der Waals surface area contributed by atoms with Gasteiger partial charge in [-0.05, 0) is 25.2 Å². The maximum absolute atomic E-state index is 12.4. The van der Waals surface area contributed by atoms with Crippen molar-refractivity contribution in [2.45, 2.75) is 46.1 Å². The number of nitrogens with zero attached hydrogens (tertiary/aromatic N) is 1. The molecule has 0 unspecified atom stereocenters. The van der Waals surface area contributed by atoms with E-state index in [0.29, 0.717) is 11.8 Å². The molecular weight excluding hydrogens is 380 g/mol. The summed E-state index contributed by atoms with van der Waals surface area (Å²) in [5.74, 6) is -0.242. The van der Waals surface area contributed by atoms with Crippen LogP contribution in [-0.2, 0) is 9.53 Å². The van der Waals surface area contributed by atoms with Crippen molar-refractivity contribution in [3.05, 3.63) is 27.8 Å². The molecule has 0 aromatic heterocycles. The number of nitro groups is 1. The van der Waals surface area contributed by atoms with E-state index in [1.807, 2.05) is 0 Å². The average molecular weight is 408 g/mol. The molecule has 1 aromatic rings. The Labute approximate surface area is 169 Å². The normalized spacial score (nSPS) is 21.2. The Bertz CT molecular complexity index is 765. The lowest BCUT2D eigenvalue weighted by Crippen LogP contribution is -2.45. The lowest BCUT2D eigenvalue weighted by molar-refractivity contribution is -0.385. The standard InChI is InChI=1S/C20H28N2O7/c1-5-28-18-10-16(22(25)26)14(9-17(18)27-4)20(24)29-11-19(23)21-15-8-6-7-12(2)13(15)3/h9-10,12-13,15H,5-8,11H2,1-4H3,(H,21,23)/t12-,13-,15-/m0/s1. The van der Waals surface area contributed by atoms with Crippen molar-refractivity contribution < 1.29 is 28.7 Å². The minimum Gasteiger partial charge on any atom is -0.493 e. The van der Waals surface area contributed by atoms with Crippen molar-refractivity contribution in [3.63, 3.8) is 0 Å². The fraction of sp³-hybridized carbons (Fsp3) is 0.600. The second kappa shape index (κ2) is 10.1. The highest BCUT2D eigenvalue weighted by Crippen LogP contribution is 2.35. The molecule has 1 amide bonds. The molecule has 0 aliphatic heterocycles. The molecule has 1 saturated carbocycles. The topological polar surface area (TPSA) is 117 Å². The Morgan fingerprint density at radius 2 is 1.97 bits per heavy atom. The number of hydrogen-bond acceptors (Lipinski definition) is 7. The van der Waals surface area contributed by atoms with E-state index in [9.17, 15) is 19.7 Å². The molecule has 1 fully saturated rings. The quantitative estimate of drug-likeness (QED) is 0.399. The van der Waals surface area contributed by atoms with E-state index in [1.54, 1.807) is 6.92 Å². The lowest BCUT2D eigenvalue weighted by Gasteiger charge is -2.34. The second-order valence-corrected chi connectivity index (χ2v) is 7.23. The zero-order valence-electron chi connectivity index (χ0n) is 17.2. The van der Waals surface area contributed by atoms with Gasteiger partial charge < -0.3 is 19.5 Å². The van der Waals surface area contributed by atoms with Crippen molar-refractivity contribution in [1.82, 2.24) is 5.32 Å². The number of hydrogen-bond donors (Lipinski definition) is 1. The van der Waals surface area contributed by atoms with Gasteiger partial charge in [-0.15, -0.1) is 0 Å². The molecule has 3 atom stereocenters. The molecule has 9 heteroatoms. The van der Waals surface area contributed by atoms with E-state index in [-0.39, 0.29) is 29.7 Å². The highest BCUT2D eigenvalue weighted by atomic mass is 16.6. The molecule has 0 heterocycles. The van der Waals surface area contributed by atoms with Crippen LogP contribution >= 0.6 is 0 Å². The van der Waals surface area contributed by atoms with Gasteiger partial charge in [0.25, 0.3) is 11.6 Å². The summed E-state index contributed by atoms with van der Waals surface area (Å²) in [5, 5.41) is 14.3.